The van der Waals surface area contributed by atoms with Crippen LogP contribution < -0.4 is 0 Å². The first-order valence-corrected chi connectivity index (χ1v) is 11.0. The first-order chi connectivity index (χ1) is 4.20. The Bertz CT molecular complexity index is 59.9. The van der Waals surface area contributed by atoms with Crippen molar-refractivity contribution >= 4 is 21.8 Å². The summed E-state index contributed by atoms with van der Waals surface area (Å²) in [7, 11) is 0. The number of aliphatic hydroxyl groups excluding tert-OH is 1. The van der Waals surface area contributed by atoms with Gasteiger partial charge < -0.3 is 0 Å². The molecular formula is C7H17BiO. The molecule has 1 atom stereocenters. The Morgan fingerprint density at radius 3 is 1.89 bits per heavy atom. The molecule has 0 aliphatic heterocycles. The molecule has 1 nitrogen and oxygen atoms in total. The normalized spacial score (nSPS) is 14.3. The quantitative estimate of drug-likeness (QED) is 0.783. The van der Waals surface area contributed by atoms with Crippen molar-refractivity contribution in [3.05, 3.63) is 0 Å². The molecule has 0 aromatic carbocycles. The number of aliphatic hydroxyl groups is 1. The van der Waals surface area contributed by atoms with Crippen LogP contribution in [0.5, 0.6) is 0 Å². The van der Waals surface area contributed by atoms with Crippen molar-refractivity contribution in [1.29, 1.82) is 0 Å². The first kappa shape index (κ1) is 9.84. The molecule has 0 amide bonds. The van der Waals surface area contributed by atoms with Crippen LogP contribution in [0.15, 0.2) is 0 Å². The van der Waals surface area contributed by atoms with Crippen LogP contribution in [0.25, 0.3) is 0 Å². The van der Waals surface area contributed by atoms with Crippen LogP contribution in [0, 0.1) is 0 Å². The average molecular weight is 326 g/mol. The number of hydrogen-bond donors (Lipinski definition) is 1. The minimum atomic E-state index is -1.07. The van der Waals surface area contributed by atoms with Crippen LogP contribution in [-0.4, -0.2) is 33.0 Å². The Labute approximate surface area is 66.1 Å². The van der Waals surface area contributed by atoms with E-state index in [-0.39, 0.29) is 6.10 Å². The van der Waals surface area contributed by atoms with E-state index >= 15 is 0 Å². The van der Waals surface area contributed by atoms with Gasteiger partial charge in [0.1, 0.15) is 0 Å². The van der Waals surface area contributed by atoms with Crippen LogP contribution >= 0.6 is 0 Å². The molecule has 56 valence electrons. The molecule has 0 saturated carbocycles. The molecule has 0 fully saturated rings. The van der Waals surface area contributed by atoms with Crippen LogP contribution in [0.3, 0.4) is 0 Å². The van der Waals surface area contributed by atoms with Gasteiger partial charge in [-0.05, 0) is 0 Å². The van der Waals surface area contributed by atoms with Gasteiger partial charge in [-0.15, -0.1) is 0 Å². The van der Waals surface area contributed by atoms with Gasteiger partial charge in [0.25, 0.3) is 0 Å². The molecule has 0 bridgehead atoms. The van der Waals surface area contributed by atoms with Gasteiger partial charge in [0, 0.05) is 0 Å². The maximum absolute atomic E-state index is 9.04. The summed E-state index contributed by atoms with van der Waals surface area (Å²) in [6.45, 7) is 6.45. The molecule has 0 aromatic rings. The van der Waals surface area contributed by atoms with E-state index in [1.165, 1.54) is 12.4 Å². The molecule has 2 heteroatoms. The fourth-order valence-corrected chi connectivity index (χ4v) is 7.51. The van der Waals surface area contributed by atoms with E-state index in [9.17, 15) is 0 Å². The van der Waals surface area contributed by atoms with E-state index in [1.54, 1.807) is 0 Å². The molecular weight excluding hydrogens is 309 g/mol. The molecule has 0 aliphatic rings. The van der Waals surface area contributed by atoms with Crippen molar-refractivity contribution in [2.75, 3.05) is 0 Å². The molecule has 0 aliphatic carbocycles. The molecule has 1 N–H and O–H groups in total. The Balaban J connectivity index is 3.31. The zero-order valence-corrected chi connectivity index (χ0v) is 10.1. The van der Waals surface area contributed by atoms with E-state index in [4.69, 9.17) is 5.11 Å². The average Bonchev–Trinajstić information content (AvgIpc) is 1.82. The number of hydrogen-bond acceptors (Lipinski definition) is 1. The van der Waals surface area contributed by atoms with E-state index in [0.29, 0.717) is 0 Å². The van der Waals surface area contributed by atoms with Gasteiger partial charge in [-0.1, -0.05) is 0 Å². The van der Waals surface area contributed by atoms with Gasteiger partial charge in [-0.3, -0.25) is 0 Å². The van der Waals surface area contributed by atoms with Crippen molar-refractivity contribution in [2.24, 2.45) is 0 Å². The maximum atomic E-state index is 9.04. The molecule has 1 unspecified atom stereocenters. The van der Waals surface area contributed by atoms with Gasteiger partial charge in [-0.25, -0.2) is 0 Å². The summed E-state index contributed by atoms with van der Waals surface area (Å²) < 4.78 is 3.97. The summed E-state index contributed by atoms with van der Waals surface area (Å²) in [5.74, 6) is 0. The fourth-order valence-electron chi connectivity index (χ4n) is 0.855. The van der Waals surface area contributed by atoms with Gasteiger partial charge >= 0.3 is 66.1 Å². The summed E-state index contributed by atoms with van der Waals surface area (Å²) in [6, 6.07) is 0. The van der Waals surface area contributed by atoms with Gasteiger partial charge in [-0.2, -0.15) is 0 Å². The predicted octanol–water partition coefficient (Wildman–Crippen LogP) is 1.90. The van der Waals surface area contributed by atoms with Crippen LogP contribution in [0.1, 0.15) is 20.8 Å². The zero-order chi connectivity index (χ0) is 7.28. The van der Waals surface area contributed by atoms with Crippen LogP contribution in [0.4, 0.5) is 0 Å². The third kappa shape index (κ3) is 5.30. The fraction of sp³-hybridized carbons (Fsp3) is 1.00. The summed E-state index contributed by atoms with van der Waals surface area (Å²) in [6.07, 6.45) is -0.0253. The zero-order valence-electron chi connectivity index (χ0n) is 6.59. The third-order valence-corrected chi connectivity index (χ3v) is 12.4. The molecule has 9 heavy (non-hydrogen) atoms. The summed E-state index contributed by atoms with van der Waals surface area (Å²) in [5, 5.41) is 9.04. The third-order valence-electron chi connectivity index (χ3n) is 1.42. The van der Waals surface area contributed by atoms with E-state index in [0.717, 1.165) is 0 Å². The van der Waals surface area contributed by atoms with Crippen LogP contribution in [-0.2, 0) is 0 Å². The topological polar surface area (TPSA) is 20.2 Å². The molecule has 0 rings (SSSR count). The Morgan fingerprint density at radius 2 is 1.78 bits per heavy atom. The monoisotopic (exact) mass is 326 g/mol. The molecule has 0 radical (unpaired) electrons. The van der Waals surface area contributed by atoms with Crippen molar-refractivity contribution in [2.45, 2.75) is 39.3 Å². The Hall–Kier alpha value is 0.843. The summed E-state index contributed by atoms with van der Waals surface area (Å²) >= 11 is -1.07. The van der Waals surface area contributed by atoms with Gasteiger partial charge in [0.15, 0.2) is 0 Å². The van der Waals surface area contributed by atoms with Crippen LogP contribution in [0.2, 0.25) is 12.4 Å². The van der Waals surface area contributed by atoms with E-state index in [1.807, 2.05) is 6.92 Å². The second kappa shape index (κ2) is 5.61. The van der Waals surface area contributed by atoms with E-state index < -0.39 is 21.8 Å². The summed E-state index contributed by atoms with van der Waals surface area (Å²) in [5.41, 5.74) is 0. The molecule has 0 heterocycles. The Morgan fingerprint density at radius 1 is 1.33 bits per heavy atom. The van der Waals surface area contributed by atoms with Gasteiger partial charge in [0.05, 0.1) is 0 Å². The molecule has 0 spiro atoms. The van der Waals surface area contributed by atoms with Crippen molar-refractivity contribution in [1.82, 2.24) is 0 Å². The van der Waals surface area contributed by atoms with Crippen molar-refractivity contribution in [3.8, 4) is 0 Å². The second-order valence-electron chi connectivity index (χ2n) is 2.33. The second-order valence-corrected chi connectivity index (χ2v) is 13.9. The summed E-state index contributed by atoms with van der Waals surface area (Å²) in [4.78, 5) is 0. The van der Waals surface area contributed by atoms with Gasteiger partial charge in [0.2, 0.25) is 0 Å². The standard InChI is InChI=1S/C3H7O.2C2H5.Bi/c1-3(2)4;2*1-2;/h3-4H,1H2,2H3;2*1H2,2H3;. The molecule has 0 saturated heterocycles. The first-order valence-electron chi connectivity index (χ1n) is 3.61. The predicted molar refractivity (Wildman–Crippen MR) is 43.2 cm³/mol. The van der Waals surface area contributed by atoms with Crippen molar-refractivity contribution < 1.29 is 5.11 Å². The SMILES string of the molecule is C[CH2][Bi]([CH2]C)[CH2]C(C)O. The van der Waals surface area contributed by atoms with E-state index in [2.05, 4.69) is 13.8 Å². The van der Waals surface area contributed by atoms with Crippen molar-refractivity contribution in [3.63, 3.8) is 0 Å². The Kier molecular flexibility index (Phi) is 6.14. The molecule has 0 aromatic heterocycles. The number of rotatable bonds is 4. The minimum absolute atomic E-state index is 0.0253.